The van der Waals surface area contributed by atoms with Crippen LogP contribution in [0.2, 0.25) is 0 Å². The van der Waals surface area contributed by atoms with Crippen molar-refractivity contribution in [3.05, 3.63) is 58.9 Å². The van der Waals surface area contributed by atoms with E-state index in [-0.39, 0.29) is 5.92 Å². The minimum atomic E-state index is -0.473. The molecule has 2 heterocycles. The summed E-state index contributed by atoms with van der Waals surface area (Å²) in [5.41, 5.74) is 5.89. The SMILES string of the molecule is OC(c1cccc2c1NCC2)C1CCCc2cccnc21. The fourth-order valence-electron chi connectivity index (χ4n) is 3.78. The summed E-state index contributed by atoms with van der Waals surface area (Å²) in [6, 6.07) is 10.4. The largest absolute Gasteiger partial charge is 0.388 e. The van der Waals surface area contributed by atoms with Crippen molar-refractivity contribution in [2.24, 2.45) is 0 Å². The van der Waals surface area contributed by atoms with Gasteiger partial charge < -0.3 is 10.4 Å². The third-order valence-corrected chi connectivity index (χ3v) is 4.82. The molecule has 3 heteroatoms. The maximum Gasteiger partial charge on any atom is 0.0893 e. The molecule has 0 bridgehead atoms. The van der Waals surface area contributed by atoms with Crippen molar-refractivity contribution in [2.45, 2.75) is 37.7 Å². The molecular formula is C18H20N2O. The third kappa shape index (κ3) is 2.12. The summed E-state index contributed by atoms with van der Waals surface area (Å²) in [6.07, 6.45) is 5.64. The van der Waals surface area contributed by atoms with Crippen LogP contribution in [0.15, 0.2) is 36.5 Å². The molecule has 0 saturated carbocycles. The van der Waals surface area contributed by atoms with Crippen LogP contribution in [0.1, 0.15) is 47.2 Å². The number of aromatic nitrogens is 1. The van der Waals surface area contributed by atoms with Crippen LogP contribution in [-0.4, -0.2) is 16.6 Å². The van der Waals surface area contributed by atoms with Gasteiger partial charge in [-0.15, -0.1) is 0 Å². The predicted molar refractivity (Wildman–Crippen MR) is 83.5 cm³/mol. The van der Waals surface area contributed by atoms with Gasteiger partial charge in [0, 0.05) is 35.6 Å². The fourth-order valence-corrected chi connectivity index (χ4v) is 3.78. The fraction of sp³-hybridized carbons (Fsp3) is 0.389. The summed E-state index contributed by atoms with van der Waals surface area (Å²) in [7, 11) is 0. The highest BCUT2D eigenvalue weighted by atomic mass is 16.3. The third-order valence-electron chi connectivity index (χ3n) is 4.82. The van der Waals surface area contributed by atoms with E-state index in [9.17, 15) is 5.11 Å². The predicted octanol–water partition coefficient (Wildman–Crippen LogP) is 3.20. The zero-order valence-corrected chi connectivity index (χ0v) is 12.0. The van der Waals surface area contributed by atoms with Crippen molar-refractivity contribution in [1.82, 2.24) is 4.98 Å². The first-order valence-corrected chi connectivity index (χ1v) is 7.82. The number of aliphatic hydroxyl groups excluding tert-OH is 1. The van der Waals surface area contributed by atoms with Crippen LogP contribution < -0.4 is 5.32 Å². The van der Waals surface area contributed by atoms with E-state index >= 15 is 0 Å². The highest BCUT2D eigenvalue weighted by Crippen LogP contribution is 2.42. The maximum absolute atomic E-state index is 11.0. The maximum atomic E-state index is 11.0. The monoisotopic (exact) mass is 280 g/mol. The number of benzene rings is 1. The molecular weight excluding hydrogens is 260 g/mol. The minimum absolute atomic E-state index is 0.115. The summed E-state index contributed by atoms with van der Waals surface area (Å²) in [5.74, 6) is 0.115. The number of nitrogens with zero attached hydrogens (tertiary/aromatic N) is 1. The van der Waals surface area contributed by atoms with E-state index in [1.807, 2.05) is 12.3 Å². The van der Waals surface area contributed by atoms with E-state index in [1.165, 1.54) is 11.1 Å². The van der Waals surface area contributed by atoms with Gasteiger partial charge in [0.1, 0.15) is 0 Å². The lowest BCUT2D eigenvalue weighted by Crippen LogP contribution is -2.19. The molecule has 0 radical (unpaired) electrons. The number of anilines is 1. The van der Waals surface area contributed by atoms with Gasteiger partial charge in [-0.05, 0) is 42.9 Å². The second kappa shape index (κ2) is 5.15. The summed E-state index contributed by atoms with van der Waals surface area (Å²) < 4.78 is 0. The highest BCUT2D eigenvalue weighted by molar-refractivity contribution is 5.62. The van der Waals surface area contributed by atoms with E-state index < -0.39 is 6.10 Å². The first kappa shape index (κ1) is 12.8. The van der Waals surface area contributed by atoms with Crippen molar-refractivity contribution in [1.29, 1.82) is 0 Å². The number of fused-ring (bicyclic) bond motifs is 2. The van der Waals surface area contributed by atoms with Crippen LogP contribution in [-0.2, 0) is 12.8 Å². The van der Waals surface area contributed by atoms with Gasteiger partial charge in [0.05, 0.1) is 6.10 Å². The van der Waals surface area contributed by atoms with Gasteiger partial charge in [-0.1, -0.05) is 24.3 Å². The highest BCUT2D eigenvalue weighted by Gasteiger charge is 2.31. The van der Waals surface area contributed by atoms with E-state index in [4.69, 9.17) is 0 Å². The summed E-state index contributed by atoms with van der Waals surface area (Å²) in [5, 5.41) is 14.4. The Bertz CT molecular complexity index is 668. The van der Waals surface area contributed by atoms with Crippen molar-refractivity contribution in [3.63, 3.8) is 0 Å². The Hall–Kier alpha value is -1.87. The van der Waals surface area contributed by atoms with Crippen LogP contribution >= 0.6 is 0 Å². The van der Waals surface area contributed by atoms with E-state index in [0.29, 0.717) is 0 Å². The normalized spacial score (nSPS) is 21.3. The number of nitrogens with one attached hydrogen (secondary N) is 1. The van der Waals surface area contributed by atoms with Crippen molar-refractivity contribution in [2.75, 3.05) is 11.9 Å². The Kier molecular flexibility index (Phi) is 3.15. The van der Waals surface area contributed by atoms with Gasteiger partial charge in [0.25, 0.3) is 0 Å². The molecule has 0 saturated heterocycles. The number of aliphatic hydroxyl groups is 1. The number of hydrogen-bond donors (Lipinski definition) is 2. The molecule has 21 heavy (non-hydrogen) atoms. The summed E-state index contributed by atoms with van der Waals surface area (Å²) in [4.78, 5) is 4.56. The molecule has 2 unspecified atom stereocenters. The molecule has 108 valence electrons. The van der Waals surface area contributed by atoms with Gasteiger partial charge in [-0.2, -0.15) is 0 Å². The van der Waals surface area contributed by atoms with Gasteiger partial charge in [-0.3, -0.25) is 4.98 Å². The topological polar surface area (TPSA) is 45.1 Å². The van der Waals surface area contributed by atoms with E-state index in [0.717, 1.165) is 49.2 Å². The molecule has 3 nitrogen and oxygen atoms in total. The van der Waals surface area contributed by atoms with Gasteiger partial charge in [-0.25, -0.2) is 0 Å². The molecule has 1 aliphatic heterocycles. The second-order valence-corrected chi connectivity index (χ2v) is 6.05. The molecule has 2 atom stereocenters. The number of aryl methyl sites for hydroxylation is 1. The first-order chi connectivity index (χ1) is 10.3. The van der Waals surface area contributed by atoms with Crippen LogP contribution in [0.3, 0.4) is 0 Å². The van der Waals surface area contributed by atoms with E-state index in [1.54, 1.807) is 0 Å². The Morgan fingerprint density at radius 2 is 2.05 bits per heavy atom. The summed E-state index contributed by atoms with van der Waals surface area (Å²) >= 11 is 0. The number of pyridine rings is 1. The Labute approximate surface area is 125 Å². The van der Waals surface area contributed by atoms with E-state index in [2.05, 4.69) is 34.6 Å². The molecule has 1 aromatic heterocycles. The lowest BCUT2D eigenvalue weighted by atomic mass is 9.80. The molecule has 4 rings (SSSR count). The van der Waals surface area contributed by atoms with Gasteiger partial charge in [0.2, 0.25) is 0 Å². The minimum Gasteiger partial charge on any atom is -0.388 e. The number of hydrogen-bond acceptors (Lipinski definition) is 3. The van der Waals surface area contributed by atoms with Crippen molar-refractivity contribution in [3.8, 4) is 0 Å². The van der Waals surface area contributed by atoms with Crippen LogP contribution in [0, 0.1) is 0 Å². The summed E-state index contributed by atoms with van der Waals surface area (Å²) in [6.45, 7) is 0.971. The Morgan fingerprint density at radius 1 is 1.14 bits per heavy atom. The Balaban J connectivity index is 1.73. The molecule has 2 aromatic rings. The van der Waals surface area contributed by atoms with Crippen LogP contribution in [0.5, 0.6) is 0 Å². The van der Waals surface area contributed by atoms with Crippen LogP contribution in [0.25, 0.3) is 0 Å². The molecule has 2 aliphatic rings. The zero-order chi connectivity index (χ0) is 14.2. The molecule has 2 N–H and O–H groups in total. The lowest BCUT2D eigenvalue weighted by Gasteiger charge is -2.29. The Morgan fingerprint density at radius 3 is 3.00 bits per heavy atom. The molecule has 0 fully saturated rings. The average Bonchev–Trinajstić information content (AvgIpc) is 3.02. The molecule has 1 aromatic carbocycles. The first-order valence-electron chi connectivity index (χ1n) is 7.82. The standard InChI is InChI=1S/C18H20N2O/c21-18(15-8-2-5-13-9-11-20-17(13)15)14-7-1-4-12-6-3-10-19-16(12)14/h2-3,5-6,8,10,14,18,20-21H,1,4,7,9,11H2. The molecule has 0 spiro atoms. The zero-order valence-electron chi connectivity index (χ0n) is 12.0. The smallest absolute Gasteiger partial charge is 0.0893 e. The van der Waals surface area contributed by atoms with Gasteiger partial charge in [0.15, 0.2) is 0 Å². The van der Waals surface area contributed by atoms with Crippen LogP contribution in [0.4, 0.5) is 5.69 Å². The number of para-hydroxylation sites is 1. The number of rotatable bonds is 2. The molecule has 1 aliphatic carbocycles. The van der Waals surface area contributed by atoms with Gasteiger partial charge >= 0.3 is 0 Å². The molecule has 0 amide bonds. The van der Waals surface area contributed by atoms with Crippen molar-refractivity contribution < 1.29 is 5.11 Å². The lowest BCUT2D eigenvalue weighted by molar-refractivity contribution is 0.134. The second-order valence-electron chi connectivity index (χ2n) is 6.05. The quantitative estimate of drug-likeness (QED) is 0.888. The van der Waals surface area contributed by atoms with Crippen molar-refractivity contribution >= 4 is 5.69 Å². The average molecular weight is 280 g/mol.